The van der Waals surface area contributed by atoms with Crippen LogP contribution in [0.1, 0.15) is 11.4 Å². The Bertz CT molecular complexity index is 1010. The van der Waals surface area contributed by atoms with Crippen molar-refractivity contribution in [3.05, 3.63) is 78.1 Å². The summed E-state index contributed by atoms with van der Waals surface area (Å²) in [6.07, 6.45) is 0. The average molecular weight is 344 g/mol. The van der Waals surface area contributed by atoms with Crippen LogP contribution in [0.3, 0.4) is 0 Å². The minimum atomic E-state index is 0.592. The summed E-state index contributed by atoms with van der Waals surface area (Å²) in [5.74, 6) is 2.14. The van der Waals surface area contributed by atoms with E-state index in [0.29, 0.717) is 5.89 Å². The maximum Gasteiger partial charge on any atom is 0.233 e. The van der Waals surface area contributed by atoms with Gasteiger partial charge in [-0.2, -0.15) is 0 Å². The average Bonchev–Trinajstić information content (AvgIpc) is 3.25. The topological polar surface area (TPSA) is 40.2 Å². The number of aromatic nitrogens is 2. The summed E-state index contributed by atoms with van der Waals surface area (Å²) in [6, 6.07) is 22.0. The first-order valence-corrected chi connectivity index (χ1v) is 8.53. The minimum Gasteiger partial charge on any atom is -0.497 e. The summed E-state index contributed by atoms with van der Waals surface area (Å²) in [4.78, 5) is 4.82. The van der Waals surface area contributed by atoms with Crippen molar-refractivity contribution in [3.63, 3.8) is 0 Å². The monoisotopic (exact) mass is 344 g/mol. The smallest absolute Gasteiger partial charge is 0.233 e. The number of aryl methyl sites for hydroxylation is 2. The van der Waals surface area contributed by atoms with E-state index in [0.717, 1.165) is 39.8 Å². The fourth-order valence-electron chi connectivity index (χ4n) is 3.09. The van der Waals surface area contributed by atoms with Gasteiger partial charge < -0.3 is 9.15 Å². The number of ether oxygens (including phenoxy) is 1. The quantitative estimate of drug-likeness (QED) is 0.496. The lowest BCUT2D eigenvalue weighted by atomic mass is 10.1. The van der Waals surface area contributed by atoms with E-state index in [2.05, 4.69) is 30.5 Å². The third-order valence-corrected chi connectivity index (χ3v) is 4.47. The highest BCUT2D eigenvalue weighted by atomic mass is 16.5. The van der Waals surface area contributed by atoms with Gasteiger partial charge in [-0.3, -0.25) is 4.57 Å². The van der Waals surface area contributed by atoms with Crippen molar-refractivity contribution in [3.8, 4) is 34.3 Å². The zero-order valence-corrected chi connectivity index (χ0v) is 15.1. The van der Waals surface area contributed by atoms with Crippen molar-refractivity contribution in [2.75, 3.05) is 7.11 Å². The summed E-state index contributed by atoms with van der Waals surface area (Å²) in [6.45, 7) is 4.13. The van der Waals surface area contributed by atoms with E-state index in [1.807, 2.05) is 54.6 Å². The second-order valence-corrected chi connectivity index (χ2v) is 6.22. The van der Waals surface area contributed by atoms with Crippen LogP contribution in [0.15, 0.2) is 71.1 Å². The fraction of sp³-hybridized carbons (Fsp3) is 0.136. The highest BCUT2D eigenvalue weighted by molar-refractivity contribution is 5.70. The van der Waals surface area contributed by atoms with Gasteiger partial charge in [-0.15, -0.1) is 0 Å². The molecule has 4 rings (SSSR count). The second kappa shape index (κ2) is 6.56. The van der Waals surface area contributed by atoms with Crippen molar-refractivity contribution >= 4 is 0 Å². The number of benzene rings is 2. The van der Waals surface area contributed by atoms with E-state index in [1.165, 1.54) is 0 Å². The third-order valence-electron chi connectivity index (χ3n) is 4.47. The zero-order chi connectivity index (χ0) is 18.1. The van der Waals surface area contributed by atoms with E-state index in [4.69, 9.17) is 14.1 Å². The summed E-state index contributed by atoms with van der Waals surface area (Å²) in [7, 11) is 1.66. The van der Waals surface area contributed by atoms with Crippen LogP contribution in [-0.4, -0.2) is 16.7 Å². The van der Waals surface area contributed by atoms with E-state index >= 15 is 0 Å². The molecule has 0 unspecified atom stereocenters. The zero-order valence-electron chi connectivity index (χ0n) is 15.1. The molecule has 0 fully saturated rings. The van der Waals surface area contributed by atoms with Crippen LogP contribution in [0.25, 0.3) is 28.6 Å². The number of methoxy groups -OCH3 is 1. The first-order valence-electron chi connectivity index (χ1n) is 8.53. The van der Waals surface area contributed by atoms with Gasteiger partial charge in [0.25, 0.3) is 0 Å². The number of hydrogen-bond acceptors (Lipinski definition) is 3. The van der Waals surface area contributed by atoms with E-state index < -0.39 is 0 Å². The molecule has 0 radical (unpaired) electrons. The molecule has 2 aromatic heterocycles. The van der Waals surface area contributed by atoms with Gasteiger partial charge in [-0.25, -0.2) is 4.98 Å². The van der Waals surface area contributed by atoms with E-state index in [-0.39, 0.29) is 0 Å². The van der Waals surface area contributed by atoms with Gasteiger partial charge in [0, 0.05) is 22.5 Å². The molecule has 2 aromatic carbocycles. The Balaban J connectivity index is 1.90. The van der Waals surface area contributed by atoms with Gasteiger partial charge in [0.05, 0.1) is 7.11 Å². The minimum absolute atomic E-state index is 0.592. The molecule has 2 heterocycles. The molecular formula is C22H20N2O2. The molecule has 0 spiro atoms. The van der Waals surface area contributed by atoms with Crippen LogP contribution in [0.2, 0.25) is 0 Å². The van der Waals surface area contributed by atoms with Crippen molar-refractivity contribution in [1.29, 1.82) is 0 Å². The maximum absolute atomic E-state index is 6.25. The second-order valence-electron chi connectivity index (χ2n) is 6.22. The van der Waals surface area contributed by atoms with E-state index in [9.17, 15) is 0 Å². The number of oxazole rings is 1. The Kier molecular flexibility index (Phi) is 4.09. The van der Waals surface area contributed by atoms with Gasteiger partial charge in [-0.05, 0) is 50.2 Å². The van der Waals surface area contributed by atoms with Gasteiger partial charge in [0.1, 0.15) is 11.4 Å². The van der Waals surface area contributed by atoms with Crippen LogP contribution in [0.4, 0.5) is 0 Å². The molecule has 0 aliphatic rings. The Morgan fingerprint density at radius 2 is 1.46 bits per heavy atom. The summed E-state index contributed by atoms with van der Waals surface area (Å²) >= 11 is 0. The van der Waals surface area contributed by atoms with Crippen LogP contribution in [0, 0.1) is 13.8 Å². The highest BCUT2D eigenvalue weighted by Gasteiger charge is 2.20. The first kappa shape index (κ1) is 16.2. The molecule has 130 valence electrons. The molecule has 0 N–H and O–H groups in total. The molecule has 0 saturated heterocycles. The number of nitrogens with zero attached hydrogens (tertiary/aromatic N) is 2. The molecule has 0 bridgehead atoms. The lowest BCUT2D eigenvalue weighted by Gasteiger charge is -2.07. The van der Waals surface area contributed by atoms with Gasteiger partial charge in [-0.1, -0.05) is 30.3 Å². The molecule has 0 atom stereocenters. The van der Waals surface area contributed by atoms with E-state index in [1.54, 1.807) is 7.11 Å². The predicted octanol–water partition coefficient (Wildman–Crippen LogP) is 5.42. The molecule has 26 heavy (non-hydrogen) atoms. The maximum atomic E-state index is 6.25. The molecule has 0 aliphatic carbocycles. The normalized spacial score (nSPS) is 10.9. The molecule has 4 nitrogen and oxygen atoms in total. The van der Waals surface area contributed by atoms with Crippen molar-refractivity contribution in [2.45, 2.75) is 13.8 Å². The van der Waals surface area contributed by atoms with Crippen molar-refractivity contribution in [2.24, 2.45) is 0 Å². The Morgan fingerprint density at radius 1 is 0.808 bits per heavy atom. The van der Waals surface area contributed by atoms with Crippen LogP contribution >= 0.6 is 0 Å². The molecule has 4 heteroatoms. The Labute approximate surface area is 152 Å². The fourth-order valence-corrected chi connectivity index (χ4v) is 3.09. The Morgan fingerprint density at radius 3 is 2.08 bits per heavy atom. The lowest BCUT2D eigenvalue weighted by Crippen LogP contribution is -1.99. The summed E-state index contributed by atoms with van der Waals surface area (Å²) in [5, 5.41) is 0. The first-order chi connectivity index (χ1) is 12.7. The highest BCUT2D eigenvalue weighted by Crippen LogP contribution is 2.33. The number of rotatable bonds is 4. The molecule has 0 saturated carbocycles. The predicted molar refractivity (Wildman–Crippen MR) is 103 cm³/mol. The lowest BCUT2D eigenvalue weighted by molar-refractivity contribution is 0.415. The van der Waals surface area contributed by atoms with Gasteiger partial charge in [0.15, 0.2) is 0 Å². The number of hydrogen-bond donors (Lipinski definition) is 0. The standard InChI is InChI=1S/C22H20N2O2/c1-15-9-10-16(2)24(15)22-20(17-7-5-4-6-8-17)23-21(26-22)18-11-13-19(25-3)14-12-18/h4-14H,1-3H3. The van der Waals surface area contributed by atoms with Crippen LogP contribution < -0.4 is 4.74 Å². The van der Waals surface area contributed by atoms with Gasteiger partial charge in [0.2, 0.25) is 11.8 Å². The Hall–Kier alpha value is -3.27. The molecule has 0 amide bonds. The van der Waals surface area contributed by atoms with Crippen LogP contribution in [0.5, 0.6) is 5.75 Å². The van der Waals surface area contributed by atoms with Gasteiger partial charge >= 0.3 is 0 Å². The molecule has 4 aromatic rings. The summed E-state index contributed by atoms with van der Waals surface area (Å²) in [5.41, 5.74) is 4.99. The molecule has 0 aliphatic heterocycles. The van der Waals surface area contributed by atoms with Crippen molar-refractivity contribution in [1.82, 2.24) is 9.55 Å². The largest absolute Gasteiger partial charge is 0.497 e. The summed E-state index contributed by atoms with van der Waals surface area (Å²) < 4.78 is 13.6. The third kappa shape index (κ3) is 2.80. The van der Waals surface area contributed by atoms with Crippen molar-refractivity contribution < 1.29 is 9.15 Å². The van der Waals surface area contributed by atoms with Crippen LogP contribution in [-0.2, 0) is 0 Å². The molecular weight excluding hydrogens is 324 g/mol. The SMILES string of the molecule is COc1ccc(-c2nc(-c3ccccc3)c(-n3c(C)ccc3C)o2)cc1.